The molecule has 1 aromatic carbocycles. The third-order valence-corrected chi connectivity index (χ3v) is 5.22. The quantitative estimate of drug-likeness (QED) is 0.866. The second kappa shape index (κ2) is 7.19. The van der Waals surface area contributed by atoms with E-state index in [0.717, 1.165) is 16.9 Å². The van der Waals surface area contributed by atoms with Crippen LogP contribution in [0.2, 0.25) is 0 Å². The molecule has 130 valence electrons. The monoisotopic (exact) mass is 350 g/mol. The SMILES string of the molecule is Cc1ccc(CN(C)C(=O)CNS(=O)(=O)c2ccc(C)c(C)c2)o1. The number of nitrogens with one attached hydrogen (secondary N) is 1. The Morgan fingerprint density at radius 2 is 1.83 bits per heavy atom. The first kappa shape index (κ1) is 18.2. The van der Waals surface area contributed by atoms with Crippen LogP contribution in [0.1, 0.15) is 22.6 Å². The molecule has 0 bridgehead atoms. The second-order valence-corrected chi connectivity index (χ2v) is 7.60. The van der Waals surface area contributed by atoms with E-state index in [2.05, 4.69) is 4.72 Å². The van der Waals surface area contributed by atoms with Crippen LogP contribution in [0.5, 0.6) is 0 Å². The maximum atomic E-state index is 12.3. The van der Waals surface area contributed by atoms with Crippen molar-refractivity contribution in [2.75, 3.05) is 13.6 Å². The third-order valence-electron chi connectivity index (χ3n) is 3.82. The Morgan fingerprint density at radius 1 is 1.12 bits per heavy atom. The van der Waals surface area contributed by atoms with E-state index < -0.39 is 10.0 Å². The fourth-order valence-corrected chi connectivity index (χ4v) is 3.21. The molecule has 1 heterocycles. The summed E-state index contributed by atoms with van der Waals surface area (Å²) in [6.45, 7) is 5.57. The summed E-state index contributed by atoms with van der Waals surface area (Å²) in [5.74, 6) is 1.08. The summed E-state index contributed by atoms with van der Waals surface area (Å²) in [6, 6.07) is 8.48. The highest BCUT2D eigenvalue weighted by atomic mass is 32.2. The van der Waals surface area contributed by atoms with E-state index in [1.165, 1.54) is 11.0 Å². The first-order chi connectivity index (χ1) is 11.2. The van der Waals surface area contributed by atoms with E-state index in [-0.39, 0.29) is 23.9 Å². The molecule has 0 spiro atoms. The van der Waals surface area contributed by atoms with Gasteiger partial charge in [-0.05, 0) is 56.2 Å². The van der Waals surface area contributed by atoms with Gasteiger partial charge in [0.15, 0.2) is 0 Å². The average Bonchev–Trinajstić information content (AvgIpc) is 2.92. The molecule has 7 heteroatoms. The van der Waals surface area contributed by atoms with Crippen molar-refractivity contribution in [1.29, 1.82) is 0 Å². The average molecular weight is 350 g/mol. The van der Waals surface area contributed by atoms with Gasteiger partial charge in [0.2, 0.25) is 15.9 Å². The number of benzene rings is 1. The predicted octanol–water partition coefficient (Wildman–Crippen LogP) is 2.14. The second-order valence-electron chi connectivity index (χ2n) is 5.83. The zero-order valence-corrected chi connectivity index (χ0v) is 15.1. The van der Waals surface area contributed by atoms with Crippen LogP contribution in [0.3, 0.4) is 0 Å². The maximum absolute atomic E-state index is 12.3. The molecule has 0 radical (unpaired) electrons. The van der Waals surface area contributed by atoms with Gasteiger partial charge in [-0.25, -0.2) is 13.1 Å². The lowest BCUT2D eigenvalue weighted by molar-refractivity contribution is -0.129. The van der Waals surface area contributed by atoms with Crippen molar-refractivity contribution in [1.82, 2.24) is 9.62 Å². The maximum Gasteiger partial charge on any atom is 0.241 e. The number of furan rings is 1. The highest BCUT2D eigenvalue weighted by molar-refractivity contribution is 7.89. The molecule has 0 aliphatic heterocycles. The van der Waals surface area contributed by atoms with Gasteiger partial charge in [-0.2, -0.15) is 0 Å². The van der Waals surface area contributed by atoms with Gasteiger partial charge < -0.3 is 9.32 Å². The standard InChI is InChI=1S/C17H22N2O4S/c1-12-5-8-16(9-13(12)2)24(21,22)18-10-17(20)19(4)11-15-7-6-14(3)23-15/h5-9,18H,10-11H2,1-4H3. The number of hydrogen-bond acceptors (Lipinski definition) is 4. The molecule has 0 saturated carbocycles. The molecule has 2 aromatic rings. The zero-order chi connectivity index (χ0) is 17.9. The minimum Gasteiger partial charge on any atom is -0.464 e. The fraction of sp³-hybridized carbons (Fsp3) is 0.353. The Morgan fingerprint density at radius 3 is 2.42 bits per heavy atom. The Bertz CT molecular complexity index is 840. The molecule has 2 rings (SSSR count). The van der Waals surface area contributed by atoms with Gasteiger partial charge in [-0.15, -0.1) is 0 Å². The van der Waals surface area contributed by atoms with Gasteiger partial charge in [0, 0.05) is 7.05 Å². The molecular formula is C17H22N2O4S. The molecule has 0 aliphatic carbocycles. The van der Waals surface area contributed by atoms with Crippen molar-refractivity contribution in [3.63, 3.8) is 0 Å². The molecule has 6 nitrogen and oxygen atoms in total. The van der Waals surface area contributed by atoms with Crippen molar-refractivity contribution in [2.45, 2.75) is 32.2 Å². The largest absolute Gasteiger partial charge is 0.464 e. The molecule has 0 fully saturated rings. The topological polar surface area (TPSA) is 79.6 Å². The van der Waals surface area contributed by atoms with Crippen molar-refractivity contribution in [3.8, 4) is 0 Å². The van der Waals surface area contributed by atoms with E-state index in [0.29, 0.717) is 5.76 Å². The minimum absolute atomic E-state index is 0.155. The van der Waals surface area contributed by atoms with Gasteiger partial charge in [0.1, 0.15) is 11.5 Å². The summed E-state index contributed by atoms with van der Waals surface area (Å²) in [5.41, 5.74) is 1.90. The number of amides is 1. The van der Waals surface area contributed by atoms with Crippen LogP contribution in [0, 0.1) is 20.8 Å². The van der Waals surface area contributed by atoms with Crippen LogP contribution in [-0.4, -0.2) is 32.8 Å². The molecule has 0 atom stereocenters. The summed E-state index contributed by atoms with van der Waals surface area (Å²) < 4.78 is 32.3. The number of sulfonamides is 1. The summed E-state index contributed by atoms with van der Waals surface area (Å²) >= 11 is 0. The number of carbonyl (C=O) groups excluding carboxylic acids is 1. The number of hydrogen-bond donors (Lipinski definition) is 1. The predicted molar refractivity (Wildman–Crippen MR) is 91.0 cm³/mol. The van der Waals surface area contributed by atoms with Crippen molar-refractivity contribution in [3.05, 3.63) is 53.0 Å². The molecule has 1 aromatic heterocycles. The summed E-state index contributed by atoms with van der Waals surface area (Å²) in [4.78, 5) is 13.7. The van der Waals surface area contributed by atoms with E-state index in [9.17, 15) is 13.2 Å². The van der Waals surface area contributed by atoms with Crippen molar-refractivity contribution in [2.24, 2.45) is 0 Å². The summed E-state index contributed by atoms with van der Waals surface area (Å²) in [7, 11) is -2.12. The van der Waals surface area contributed by atoms with Gasteiger partial charge >= 0.3 is 0 Å². The number of likely N-dealkylation sites (N-methyl/N-ethyl adjacent to an activating group) is 1. The first-order valence-electron chi connectivity index (χ1n) is 7.55. The van der Waals surface area contributed by atoms with E-state index in [1.54, 1.807) is 25.2 Å². The Balaban J connectivity index is 1.97. The van der Waals surface area contributed by atoms with Crippen LogP contribution in [0.4, 0.5) is 0 Å². The van der Waals surface area contributed by atoms with Crippen LogP contribution >= 0.6 is 0 Å². The highest BCUT2D eigenvalue weighted by Gasteiger charge is 2.18. The number of rotatable bonds is 6. The van der Waals surface area contributed by atoms with Gasteiger partial charge in [0.05, 0.1) is 18.0 Å². The Hall–Kier alpha value is -2.12. The molecule has 1 amide bonds. The van der Waals surface area contributed by atoms with E-state index >= 15 is 0 Å². The van der Waals surface area contributed by atoms with Crippen LogP contribution < -0.4 is 4.72 Å². The van der Waals surface area contributed by atoms with Crippen LogP contribution in [-0.2, 0) is 21.4 Å². The lowest BCUT2D eigenvalue weighted by atomic mass is 10.1. The molecule has 0 aliphatic rings. The minimum atomic E-state index is -3.72. The van der Waals surface area contributed by atoms with E-state index in [4.69, 9.17) is 4.42 Å². The number of aryl methyl sites for hydroxylation is 3. The molecule has 1 N–H and O–H groups in total. The smallest absolute Gasteiger partial charge is 0.241 e. The third kappa shape index (κ3) is 4.46. The van der Waals surface area contributed by atoms with Crippen LogP contribution in [0.25, 0.3) is 0 Å². The Kier molecular flexibility index (Phi) is 5.46. The lowest BCUT2D eigenvalue weighted by Gasteiger charge is -2.16. The molecular weight excluding hydrogens is 328 g/mol. The van der Waals surface area contributed by atoms with Crippen LogP contribution in [0.15, 0.2) is 39.6 Å². The summed E-state index contributed by atoms with van der Waals surface area (Å²) in [6.07, 6.45) is 0. The van der Waals surface area contributed by atoms with Gasteiger partial charge in [-0.1, -0.05) is 6.07 Å². The fourth-order valence-electron chi connectivity index (χ4n) is 2.15. The summed E-state index contributed by atoms with van der Waals surface area (Å²) in [5, 5.41) is 0. The molecule has 24 heavy (non-hydrogen) atoms. The van der Waals surface area contributed by atoms with Gasteiger partial charge in [0.25, 0.3) is 0 Å². The number of carbonyl (C=O) groups is 1. The molecule has 0 unspecified atom stereocenters. The lowest BCUT2D eigenvalue weighted by Crippen LogP contribution is -2.37. The molecule has 0 saturated heterocycles. The highest BCUT2D eigenvalue weighted by Crippen LogP contribution is 2.14. The van der Waals surface area contributed by atoms with Crippen molar-refractivity contribution >= 4 is 15.9 Å². The van der Waals surface area contributed by atoms with E-state index in [1.807, 2.05) is 26.8 Å². The Labute approximate surface area is 142 Å². The van der Waals surface area contributed by atoms with Crippen molar-refractivity contribution < 1.29 is 17.6 Å². The first-order valence-corrected chi connectivity index (χ1v) is 9.03. The van der Waals surface area contributed by atoms with Gasteiger partial charge in [-0.3, -0.25) is 4.79 Å². The zero-order valence-electron chi connectivity index (χ0n) is 14.3. The normalized spacial score (nSPS) is 11.5. The number of nitrogens with zero attached hydrogens (tertiary/aromatic N) is 1.